The normalized spacial score (nSPS) is 22.8. The van der Waals surface area contributed by atoms with E-state index < -0.39 is 6.10 Å². The van der Waals surface area contributed by atoms with Crippen LogP contribution in [0.2, 0.25) is 0 Å². The van der Waals surface area contributed by atoms with E-state index in [0.29, 0.717) is 17.4 Å². The van der Waals surface area contributed by atoms with E-state index in [4.69, 9.17) is 10.00 Å². The lowest BCUT2D eigenvalue weighted by atomic mass is 9.99. The zero-order valence-electron chi connectivity index (χ0n) is 13.6. The number of fused-ring (bicyclic) bond motifs is 1. The van der Waals surface area contributed by atoms with Crippen LogP contribution in [0.4, 0.5) is 0 Å². The molecule has 0 unspecified atom stereocenters. The second kappa shape index (κ2) is 7.01. The minimum atomic E-state index is -0.570. The molecule has 2 saturated heterocycles. The topological polar surface area (TPSA) is 56.6 Å². The standard InChI is InChI=1S/C18H23N3O2/c1-14(23-17-8-3-2-6-15(17)12-19)18(22)21-11-10-20-9-5-4-7-16(20)13-21/h2-3,6,8,14,16H,4-5,7,9-11,13H2,1H3/t14-,16+/m0/s1. The summed E-state index contributed by atoms with van der Waals surface area (Å²) in [6.07, 6.45) is 3.13. The predicted molar refractivity (Wildman–Crippen MR) is 87.0 cm³/mol. The first-order chi connectivity index (χ1) is 11.2. The number of rotatable bonds is 3. The third-order valence-electron chi connectivity index (χ3n) is 4.81. The van der Waals surface area contributed by atoms with Gasteiger partial charge in [-0.1, -0.05) is 18.6 Å². The van der Waals surface area contributed by atoms with Gasteiger partial charge in [-0.3, -0.25) is 9.69 Å². The molecule has 2 aliphatic heterocycles. The summed E-state index contributed by atoms with van der Waals surface area (Å²) < 4.78 is 5.76. The first-order valence-electron chi connectivity index (χ1n) is 8.37. The number of ether oxygens (including phenoxy) is 1. The zero-order valence-corrected chi connectivity index (χ0v) is 13.6. The van der Waals surface area contributed by atoms with Crippen molar-refractivity contribution >= 4 is 5.91 Å². The molecule has 0 spiro atoms. The van der Waals surface area contributed by atoms with Crippen LogP contribution in [0.1, 0.15) is 31.7 Å². The molecule has 5 heteroatoms. The van der Waals surface area contributed by atoms with E-state index in [2.05, 4.69) is 11.0 Å². The largest absolute Gasteiger partial charge is 0.480 e. The summed E-state index contributed by atoms with van der Waals surface area (Å²) in [4.78, 5) is 17.1. The lowest BCUT2D eigenvalue weighted by molar-refractivity contribution is -0.141. The fraction of sp³-hybridized carbons (Fsp3) is 0.556. The van der Waals surface area contributed by atoms with Crippen molar-refractivity contribution in [2.45, 2.75) is 38.3 Å². The van der Waals surface area contributed by atoms with Crippen molar-refractivity contribution in [1.29, 1.82) is 5.26 Å². The van der Waals surface area contributed by atoms with E-state index in [9.17, 15) is 4.79 Å². The highest BCUT2D eigenvalue weighted by molar-refractivity contribution is 5.81. The van der Waals surface area contributed by atoms with Gasteiger partial charge in [-0.05, 0) is 38.4 Å². The highest BCUT2D eigenvalue weighted by atomic mass is 16.5. The fourth-order valence-electron chi connectivity index (χ4n) is 3.52. The van der Waals surface area contributed by atoms with Gasteiger partial charge in [-0.15, -0.1) is 0 Å². The quantitative estimate of drug-likeness (QED) is 0.857. The molecule has 0 saturated carbocycles. The van der Waals surface area contributed by atoms with Gasteiger partial charge in [0.1, 0.15) is 11.8 Å². The molecule has 0 aromatic heterocycles. The van der Waals surface area contributed by atoms with Gasteiger partial charge in [0.25, 0.3) is 5.91 Å². The molecule has 5 nitrogen and oxygen atoms in total. The summed E-state index contributed by atoms with van der Waals surface area (Å²) >= 11 is 0. The minimum absolute atomic E-state index is 0.0166. The van der Waals surface area contributed by atoms with E-state index >= 15 is 0 Å². The molecule has 2 heterocycles. The molecule has 122 valence electrons. The number of piperidine rings is 1. The van der Waals surface area contributed by atoms with Crippen molar-refractivity contribution in [3.8, 4) is 11.8 Å². The maximum Gasteiger partial charge on any atom is 0.263 e. The number of para-hydroxylation sites is 1. The molecule has 0 N–H and O–H groups in total. The smallest absolute Gasteiger partial charge is 0.263 e. The van der Waals surface area contributed by atoms with Crippen molar-refractivity contribution < 1.29 is 9.53 Å². The van der Waals surface area contributed by atoms with Gasteiger partial charge in [-0.2, -0.15) is 5.26 Å². The number of hydrogen-bond acceptors (Lipinski definition) is 4. The van der Waals surface area contributed by atoms with Crippen LogP contribution in [-0.4, -0.2) is 54.0 Å². The summed E-state index contributed by atoms with van der Waals surface area (Å²) in [7, 11) is 0. The van der Waals surface area contributed by atoms with Crippen molar-refractivity contribution in [3.05, 3.63) is 29.8 Å². The van der Waals surface area contributed by atoms with Crippen LogP contribution < -0.4 is 4.74 Å². The van der Waals surface area contributed by atoms with Crippen molar-refractivity contribution in [1.82, 2.24) is 9.80 Å². The van der Waals surface area contributed by atoms with Gasteiger partial charge >= 0.3 is 0 Å². The lowest BCUT2D eigenvalue weighted by Gasteiger charge is -2.44. The molecule has 2 atom stereocenters. The van der Waals surface area contributed by atoms with Gasteiger partial charge in [0.05, 0.1) is 5.56 Å². The van der Waals surface area contributed by atoms with E-state index in [-0.39, 0.29) is 5.91 Å². The van der Waals surface area contributed by atoms with E-state index in [1.165, 1.54) is 19.3 Å². The summed E-state index contributed by atoms with van der Waals surface area (Å²) in [5.41, 5.74) is 0.462. The molecule has 0 radical (unpaired) electrons. The monoisotopic (exact) mass is 313 g/mol. The summed E-state index contributed by atoms with van der Waals surface area (Å²) in [6, 6.07) is 9.64. The molecule has 23 heavy (non-hydrogen) atoms. The fourth-order valence-corrected chi connectivity index (χ4v) is 3.52. The van der Waals surface area contributed by atoms with Gasteiger partial charge in [-0.25, -0.2) is 0 Å². The number of benzene rings is 1. The average molecular weight is 313 g/mol. The van der Waals surface area contributed by atoms with Crippen LogP contribution in [-0.2, 0) is 4.79 Å². The second-order valence-corrected chi connectivity index (χ2v) is 6.34. The molecule has 2 fully saturated rings. The molecule has 3 rings (SSSR count). The van der Waals surface area contributed by atoms with Gasteiger partial charge < -0.3 is 9.64 Å². The average Bonchev–Trinajstić information content (AvgIpc) is 2.61. The van der Waals surface area contributed by atoms with Crippen molar-refractivity contribution in [2.24, 2.45) is 0 Å². The Balaban J connectivity index is 1.62. The lowest BCUT2D eigenvalue weighted by Crippen LogP contribution is -2.57. The number of carbonyl (C=O) groups is 1. The predicted octanol–water partition coefficient (Wildman–Crippen LogP) is 2.02. The SMILES string of the molecule is C[C@H](Oc1ccccc1C#N)C(=O)N1CCN2CCCC[C@@H]2C1. The Morgan fingerprint density at radius 2 is 2.13 bits per heavy atom. The zero-order chi connectivity index (χ0) is 16.2. The highest BCUT2D eigenvalue weighted by Gasteiger charge is 2.33. The van der Waals surface area contributed by atoms with Crippen LogP contribution in [0.5, 0.6) is 5.75 Å². The second-order valence-electron chi connectivity index (χ2n) is 6.34. The molecule has 1 aromatic carbocycles. The summed E-state index contributed by atoms with van der Waals surface area (Å²) in [5.74, 6) is 0.495. The van der Waals surface area contributed by atoms with Gasteiger partial charge in [0, 0.05) is 25.7 Å². The number of carbonyl (C=O) groups excluding carboxylic acids is 1. The molecule has 0 aliphatic carbocycles. The Morgan fingerprint density at radius 3 is 2.96 bits per heavy atom. The van der Waals surface area contributed by atoms with Crippen molar-refractivity contribution in [3.63, 3.8) is 0 Å². The van der Waals surface area contributed by atoms with Crippen molar-refractivity contribution in [2.75, 3.05) is 26.2 Å². The Bertz CT molecular complexity index is 611. The maximum atomic E-state index is 12.7. The Hall–Kier alpha value is -2.06. The first kappa shape index (κ1) is 15.8. The van der Waals surface area contributed by atoms with Crippen LogP contribution in [0, 0.1) is 11.3 Å². The van der Waals surface area contributed by atoms with E-state index in [0.717, 1.165) is 26.2 Å². The number of amides is 1. The molecular weight excluding hydrogens is 290 g/mol. The van der Waals surface area contributed by atoms with Gasteiger partial charge in [0.2, 0.25) is 0 Å². The Kier molecular flexibility index (Phi) is 4.82. The first-order valence-corrected chi connectivity index (χ1v) is 8.37. The molecule has 2 aliphatic rings. The van der Waals surface area contributed by atoms with Gasteiger partial charge in [0.15, 0.2) is 6.10 Å². The maximum absolute atomic E-state index is 12.7. The number of piperazine rings is 1. The molecule has 1 aromatic rings. The van der Waals surface area contributed by atoms with Crippen LogP contribution in [0.25, 0.3) is 0 Å². The van der Waals surface area contributed by atoms with E-state index in [1.807, 2.05) is 11.0 Å². The minimum Gasteiger partial charge on any atom is -0.480 e. The number of hydrogen-bond donors (Lipinski definition) is 0. The number of nitriles is 1. The highest BCUT2D eigenvalue weighted by Crippen LogP contribution is 2.23. The molecule has 1 amide bonds. The van der Waals surface area contributed by atoms with E-state index in [1.54, 1.807) is 25.1 Å². The number of nitrogens with zero attached hydrogens (tertiary/aromatic N) is 3. The Labute approximate surface area is 137 Å². The summed E-state index contributed by atoms with van der Waals surface area (Å²) in [5, 5.41) is 9.12. The third-order valence-corrected chi connectivity index (χ3v) is 4.81. The summed E-state index contributed by atoms with van der Waals surface area (Å²) in [6.45, 7) is 5.45. The van der Waals surface area contributed by atoms with Crippen LogP contribution in [0.15, 0.2) is 24.3 Å². The van der Waals surface area contributed by atoms with Crippen LogP contribution in [0.3, 0.4) is 0 Å². The third kappa shape index (κ3) is 3.48. The van der Waals surface area contributed by atoms with Crippen LogP contribution >= 0.6 is 0 Å². The Morgan fingerprint density at radius 1 is 1.30 bits per heavy atom. The molecular formula is C18H23N3O2. The molecule has 0 bridgehead atoms.